The van der Waals surface area contributed by atoms with Crippen LogP contribution in [0.2, 0.25) is 0 Å². The monoisotopic (exact) mass is 345 g/mol. The van der Waals surface area contributed by atoms with Gasteiger partial charge in [0.25, 0.3) is 5.91 Å². The van der Waals surface area contributed by atoms with Crippen LogP contribution in [0.25, 0.3) is 0 Å². The topological polar surface area (TPSA) is 78.5 Å². The van der Waals surface area contributed by atoms with E-state index in [9.17, 15) is 14.4 Å². The summed E-state index contributed by atoms with van der Waals surface area (Å²) >= 11 is 1.35. The predicted octanol–water partition coefficient (Wildman–Crippen LogP) is 1.97. The highest BCUT2D eigenvalue weighted by atomic mass is 32.1. The van der Waals surface area contributed by atoms with Gasteiger partial charge in [0.05, 0.1) is 11.4 Å². The second-order valence-corrected chi connectivity index (χ2v) is 6.09. The fraction of sp³-hybridized carbons (Fsp3) is 0.235. The van der Waals surface area contributed by atoms with Crippen LogP contribution in [0.4, 0.5) is 5.69 Å². The highest BCUT2D eigenvalue weighted by molar-refractivity contribution is 7.12. The lowest BCUT2D eigenvalue weighted by Gasteiger charge is -2.17. The van der Waals surface area contributed by atoms with Gasteiger partial charge in [0, 0.05) is 25.7 Å². The summed E-state index contributed by atoms with van der Waals surface area (Å²) in [6, 6.07) is 12.6. The van der Waals surface area contributed by atoms with Crippen LogP contribution < -0.4 is 10.6 Å². The maximum atomic E-state index is 12.0. The summed E-state index contributed by atoms with van der Waals surface area (Å²) in [5, 5.41) is 7.23. The zero-order valence-corrected chi connectivity index (χ0v) is 14.1. The summed E-state index contributed by atoms with van der Waals surface area (Å²) < 4.78 is 0. The normalized spacial score (nSPS) is 10.0. The van der Waals surface area contributed by atoms with Crippen molar-refractivity contribution < 1.29 is 14.4 Å². The largest absolute Gasteiger partial charge is 0.351 e. The molecule has 0 bridgehead atoms. The van der Waals surface area contributed by atoms with Crippen molar-refractivity contribution in [2.75, 3.05) is 25.5 Å². The number of rotatable bonds is 7. The van der Waals surface area contributed by atoms with Crippen molar-refractivity contribution >= 4 is 34.7 Å². The third kappa shape index (κ3) is 5.51. The van der Waals surface area contributed by atoms with E-state index in [-0.39, 0.29) is 37.2 Å². The molecule has 3 amide bonds. The summed E-state index contributed by atoms with van der Waals surface area (Å²) in [7, 11) is 1.56. The molecule has 2 N–H and O–H groups in total. The van der Waals surface area contributed by atoms with Crippen molar-refractivity contribution in [1.29, 1.82) is 0 Å². The van der Waals surface area contributed by atoms with Crippen molar-refractivity contribution in [3.63, 3.8) is 0 Å². The number of para-hydroxylation sites is 1. The molecule has 0 spiro atoms. The van der Waals surface area contributed by atoms with E-state index in [1.165, 1.54) is 16.2 Å². The fourth-order valence-electron chi connectivity index (χ4n) is 1.99. The van der Waals surface area contributed by atoms with Gasteiger partial charge in [-0.25, -0.2) is 0 Å². The maximum Gasteiger partial charge on any atom is 0.261 e. The molecule has 24 heavy (non-hydrogen) atoms. The van der Waals surface area contributed by atoms with E-state index in [1.54, 1.807) is 31.3 Å². The van der Waals surface area contributed by atoms with E-state index in [1.807, 2.05) is 23.6 Å². The molecule has 6 nitrogen and oxygen atoms in total. The Morgan fingerprint density at radius 2 is 1.83 bits per heavy atom. The van der Waals surface area contributed by atoms with Crippen molar-refractivity contribution in [3.05, 3.63) is 52.7 Å². The molecule has 0 aliphatic rings. The third-order valence-electron chi connectivity index (χ3n) is 3.23. The molecule has 0 saturated heterocycles. The molecular formula is C17H19N3O3S. The number of likely N-dealkylation sites (N-methyl/N-ethyl adjacent to an activating group) is 1. The van der Waals surface area contributed by atoms with Gasteiger partial charge >= 0.3 is 0 Å². The van der Waals surface area contributed by atoms with E-state index in [2.05, 4.69) is 10.6 Å². The van der Waals surface area contributed by atoms with Crippen LogP contribution in [-0.4, -0.2) is 42.8 Å². The Bertz CT molecular complexity index is 686. The molecular weight excluding hydrogens is 326 g/mol. The average molecular weight is 345 g/mol. The van der Waals surface area contributed by atoms with Crippen LogP contribution >= 0.6 is 11.3 Å². The van der Waals surface area contributed by atoms with Gasteiger partial charge in [0.1, 0.15) is 0 Å². The number of anilines is 1. The van der Waals surface area contributed by atoms with Crippen LogP contribution in [0.5, 0.6) is 0 Å². The lowest BCUT2D eigenvalue weighted by atomic mass is 10.3. The smallest absolute Gasteiger partial charge is 0.261 e. The second kappa shape index (κ2) is 8.83. The summed E-state index contributed by atoms with van der Waals surface area (Å²) in [5.74, 6) is -0.661. The number of hydrogen-bond acceptors (Lipinski definition) is 4. The molecule has 1 aromatic carbocycles. The number of benzene rings is 1. The van der Waals surface area contributed by atoms with Crippen molar-refractivity contribution in [2.24, 2.45) is 0 Å². The Hall–Kier alpha value is -2.67. The molecule has 2 rings (SSSR count). The molecule has 126 valence electrons. The van der Waals surface area contributed by atoms with Gasteiger partial charge in [-0.1, -0.05) is 24.3 Å². The Morgan fingerprint density at radius 1 is 1.08 bits per heavy atom. The summed E-state index contributed by atoms with van der Waals surface area (Å²) in [4.78, 5) is 37.6. The third-order valence-corrected chi connectivity index (χ3v) is 4.10. The van der Waals surface area contributed by atoms with Crippen LogP contribution in [-0.2, 0) is 9.59 Å². The molecule has 1 heterocycles. The first-order valence-electron chi connectivity index (χ1n) is 7.47. The van der Waals surface area contributed by atoms with Crippen LogP contribution in [0, 0.1) is 0 Å². The van der Waals surface area contributed by atoms with Gasteiger partial charge in [-0.3, -0.25) is 14.4 Å². The van der Waals surface area contributed by atoms with E-state index >= 15 is 0 Å². The van der Waals surface area contributed by atoms with Gasteiger partial charge < -0.3 is 15.5 Å². The number of carbonyl (C=O) groups excluding carboxylic acids is 3. The zero-order chi connectivity index (χ0) is 17.4. The Labute approximate surface area is 144 Å². The molecule has 2 aromatic rings. The number of amides is 3. The van der Waals surface area contributed by atoms with Gasteiger partial charge in [-0.05, 0) is 23.6 Å². The SMILES string of the molecule is CN(CC(=O)Nc1ccccc1)C(=O)CCNC(=O)c1cccs1. The summed E-state index contributed by atoms with van der Waals surface area (Å²) in [6.45, 7) is 0.201. The van der Waals surface area contributed by atoms with Crippen LogP contribution in [0.15, 0.2) is 47.8 Å². The maximum absolute atomic E-state index is 12.0. The lowest BCUT2D eigenvalue weighted by molar-refractivity contribution is -0.133. The molecule has 0 radical (unpaired) electrons. The van der Waals surface area contributed by atoms with Crippen LogP contribution in [0.3, 0.4) is 0 Å². The Kier molecular flexibility index (Phi) is 6.51. The first-order valence-corrected chi connectivity index (χ1v) is 8.35. The van der Waals surface area contributed by atoms with E-state index < -0.39 is 0 Å². The quantitative estimate of drug-likeness (QED) is 0.805. The van der Waals surface area contributed by atoms with E-state index in [0.717, 1.165) is 0 Å². The number of nitrogens with one attached hydrogen (secondary N) is 2. The molecule has 0 atom stereocenters. The average Bonchev–Trinajstić information content (AvgIpc) is 3.10. The number of carbonyl (C=O) groups is 3. The van der Waals surface area contributed by atoms with E-state index in [0.29, 0.717) is 10.6 Å². The van der Waals surface area contributed by atoms with Crippen molar-refractivity contribution in [1.82, 2.24) is 10.2 Å². The lowest BCUT2D eigenvalue weighted by Crippen LogP contribution is -2.37. The minimum absolute atomic E-state index is 0.0351. The highest BCUT2D eigenvalue weighted by Gasteiger charge is 2.13. The van der Waals surface area contributed by atoms with Crippen molar-refractivity contribution in [3.8, 4) is 0 Å². The van der Waals surface area contributed by atoms with Gasteiger partial charge in [-0.2, -0.15) is 0 Å². The number of hydrogen-bond donors (Lipinski definition) is 2. The summed E-state index contributed by atoms with van der Waals surface area (Å²) in [5.41, 5.74) is 0.687. The van der Waals surface area contributed by atoms with Gasteiger partial charge in [-0.15, -0.1) is 11.3 Å². The van der Waals surface area contributed by atoms with Crippen LogP contribution in [0.1, 0.15) is 16.1 Å². The minimum atomic E-state index is -0.264. The highest BCUT2D eigenvalue weighted by Crippen LogP contribution is 2.07. The molecule has 0 unspecified atom stereocenters. The first-order chi connectivity index (χ1) is 11.6. The Morgan fingerprint density at radius 3 is 2.50 bits per heavy atom. The molecule has 0 aliphatic carbocycles. The minimum Gasteiger partial charge on any atom is -0.351 e. The predicted molar refractivity (Wildman–Crippen MR) is 94.0 cm³/mol. The van der Waals surface area contributed by atoms with E-state index in [4.69, 9.17) is 0 Å². The standard InChI is InChI=1S/C17H19N3O3S/c1-20(12-15(21)19-13-6-3-2-4-7-13)16(22)9-10-18-17(23)14-8-5-11-24-14/h2-8,11H,9-10,12H2,1H3,(H,18,23)(H,19,21). The molecule has 0 saturated carbocycles. The van der Waals surface area contributed by atoms with Crippen molar-refractivity contribution in [2.45, 2.75) is 6.42 Å². The summed E-state index contributed by atoms with van der Waals surface area (Å²) in [6.07, 6.45) is 0.145. The number of thiophene rings is 1. The Balaban J connectivity index is 1.70. The molecule has 0 fully saturated rings. The van der Waals surface area contributed by atoms with Gasteiger partial charge in [0.2, 0.25) is 11.8 Å². The second-order valence-electron chi connectivity index (χ2n) is 5.15. The molecule has 7 heteroatoms. The molecule has 0 aliphatic heterocycles. The zero-order valence-electron chi connectivity index (χ0n) is 13.3. The fourth-order valence-corrected chi connectivity index (χ4v) is 2.63. The first kappa shape index (κ1) is 17.7. The van der Waals surface area contributed by atoms with Gasteiger partial charge in [0.15, 0.2) is 0 Å². The molecule has 1 aromatic heterocycles. The number of nitrogens with zero attached hydrogens (tertiary/aromatic N) is 1.